The van der Waals surface area contributed by atoms with Gasteiger partial charge in [0, 0.05) is 31.2 Å². The molecule has 0 amide bonds. The Balaban J connectivity index is 1.77. The number of fused-ring (bicyclic) bond motifs is 1. The minimum atomic E-state index is 0.664. The number of hydrogen-bond acceptors (Lipinski definition) is 3. The van der Waals surface area contributed by atoms with Crippen molar-refractivity contribution in [2.45, 2.75) is 0 Å². The van der Waals surface area contributed by atoms with E-state index >= 15 is 0 Å². The Hall–Kier alpha value is -3.14. The fourth-order valence-electron chi connectivity index (χ4n) is 2.65. The summed E-state index contributed by atoms with van der Waals surface area (Å²) in [5.41, 5.74) is 3.04. The molecule has 0 saturated carbocycles. The maximum absolute atomic E-state index is 4.69. The van der Waals surface area contributed by atoms with E-state index in [1.165, 1.54) is 10.8 Å². The van der Waals surface area contributed by atoms with Crippen LogP contribution in [-0.4, -0.2) is 21.6 Å². The number of aromatic nitrogens is 3. The fraction of sp³-hybridized carbons (Fsp3) is 0.0526. The molecular weight excluding hydrogens is 284 g/mol. The zero-order valence-corrected chi connectivity index (χ0v) is 12.8. The summed E-state index contributed by atoms with van der Waals surface area (Å²) in [6.07, 6.45) is 5.72. The van der Waals surface area contributed by atoms with Gasteiger partial charge in [0.15, 0.2) is 0 Å². The normalized spacial score (nSPS) is 10.8. The van der Waals surface area contributed by atoms with Crippen molar-refractivity contribution in [3.8, 4) is 17.2 Å². The molecule has 2 heterocycles. The number of rotatable bonds is 3. The lowest BCUT2D eigenvalue weighted by Crippen LogP contribution is -1.99. The third kappa shape index (κ3) is 2.55. The van der Waals surface area contributed by atoms with E-state index in [4.69, 9.17) is 4.98 Å². The molecule has 0 aliphatic carbocycles. The van der Waals surface area contributed by atoms with Crippen LogP contribution in [0.1, 0.15) is 0 Å². The molecular formula is C19H16N4. The Morgan fingerprint density at radius 2 is 1.83 bits per heavy atom. The van der Waals surface area contributed by atoms with Gasteiger partial charge >= 0.3 is 0 Å². The van der Waals surface area contributed by atoms with Crippen LogP contribution in [0.2, 0.25) is 0 Å². The van der Waals surface area contributed by atoms with Crippen molar-refractivity contribution < 1.29 is 0 Å². The molecule has 0 aliphatic rings. The first-order valence-electron chi connectivity index (χ1n) is 7.52. The van der Waals surface area contributed by atoms with Gasteiger partial charge in [0.05, 0.1) is 11.4 Å². The van der Waals surface area contributed by atoms with E-state index in [2.05, 4.69) is 52.8 Å². The first-order valence-corrected chi connectivity index (χ1v) is 7.52. The monoisotopic (exact) mass is 300 g/mol. The topological polar surface area (TPSA) is 42.7 Å². The Morgan fingerprint density at radius 3 is 2.65 bits per heavy atom. The quantitative estimate of drug-likeness (QED) is 0.618. The zero-order valence-electron chi connectivity index (χ0n) is 12.8. The van der Waals surface area contributed by atoms with Crippen molar-refractivity contribution in [1.82, 2.24) is 14.5 Å². The number of anilines is 1. The Bertz CT molecular complexity index is 972. The van der Waals surface area contributed by atoms with Gasteiger partial charge in [-0.15, -0.1) is 0 Å². The molecule has 0 bridgehead atoms. The van der Waals surface area contributed by atoms with Crippen LogP contribution in [0.4, 0.5) is 5.69 Å². The summed E-state index contributed by atoms with van der Waals surface area (Å²) < 4.78 is 1.91. The average Bonchev–Trinajstić information content (AvgIpc) is 3.11. The first kappa shape index (κ1) is 13.5. The van der Waals surface area contributed by atoms with Crippen LogP contribution in [0, 0.1) is 0 Å². The standard InChI is InChI=1S/C19H16N4/c1-20-17-9-11-23(13-17)19-21-10-8-18(22-19)16-7-6-14-4-2-3-5-15(14)12-16/h2-13,20H,1H3. The number of benzene rings is 2. The van der Waals surface area contributed by atoms with Crippen LogP contribution in [-0.2, 0) is 0 Å². The molecule has 0 fully saturated rings. The van der Waals surface area contributed by atoms with Gasteiger partial charge in [0.1, 0.15) is 0 Å². The second-order valence-corrected chi connectivity index (χ2v) is 5.36. The van der Waals surface area contributed by atoms with Gasteiger partial charge in [-0.25, -0.2) is 9.97 Å². The SMILES string of the molecule is CNc1ccn(-c2nccc(-c3ccc4ccccc4c3)n2)c1. The highest BCUT2D eigenvalue weighted by Crippen LogP contribution is 2.23. The first-order chi connectivity index (χ1) is 11.3. The van der Waals surface area contributed by atoms with Gasteiger partial charge in [-0.3, -0.25) is 4.57 Å². The van der Waals surface area contributed by atoms with E-state index in [0.29, 0.717) is 5.95 Å². The van der Waals surface area contributed by atoms with E-state index in [0.717, 1.165) is 16.9 Å². The van der Waals surface area contributed by atoms with Crippen LogP contribution in [0.15, 0.2) is 73.2 Å². The molecule has 0 unspecified atom stereocenters. The molecule has 0 atom stereocenters. The maximum Gasteiger partial charge on any atom is 0.234 e. The molecule has 4 nitrogen and oxygen atoms in total. The number of nitrogens with one attached hydrogen (secondary N) is 1. The molecule has 2 aromatic heterocycles. The van der Waals surface area contributed by atoms with Crippen molar-refractivity contribution in [3.63, 3.8) is 0 Å². The molecule has 1 N–H and O–H groups in total. The Kier molecular flexibility index (Phi) is 3.27. The second-order valence-electron chi connectivity index (χ2n) is 5.36. The van der Waals surface area contributed by atoms with E-state index < -0.39 is 0 Å². The molecule has 2 aromatic carbocycles. The van der Waals surface area contributed by atoms with Crippen LogP contribution in [0.25, 0.3) is 28.0 Å². The number of hydrogen-bond donors (Lipinski definition) is 1. The predicted octanol–water partition coefficient (Wildman–Crippen LogP) is 4.13. The van der Waals surface area contributed by atoms with E-state index in [1.54, 1.807) is 6.20 Å². The van der Waals surface area contributed by atoms with Gasteiger partial charge in [-0.1, -0.05) is 36.4 Å². The fourth-order valence-corrected chi connectivity index (χ4v) is 2.65. The summed E-state index contributed by atoms with van der Waals surface area (Å²) in [4.78, 5) is 9.06. The summed E-state index contributed by atoms with van der Waals surface area (Å²) in [7, 11) is 1.89. The molecule has 4 rings (SSSR count). The van der Waals surface area contributed by atoms with Crippen molar-refractivity contribution in [2.24, 2.45) is 0 Å². The molecule has 0 aliphatic heterocycles. The van der Waals surface area contributed by atoms with Gasteiger partial charge in [-0.05, 0) is 29.0 Å². The summed E-state index contributed by atoms with van der Waals surface area (Å²) in [6, 6.07) is 18.7. The van der Waals surface area contributed by atoms with Gasteiger partial charge < -0.3 is 5.32 Å². The van der Waals surface area contributed by atoms with Crippen molar-refractivity contribution in [1.29, 1.82) is 0 Å². The van der Waals surface area contributed by atoms with E-state index in [-0.39, 0.29) is 0 Å². The highest BCUT2D eigenvalue weighted by atomic mass is 15.1. The second kappa shape index (κ2) is 5.57. The largest absolute Gasteiger partial charge is 0.387 e. The number of nitrogens with zero attached hydrogens (tertiary/aromatic N) is 3. The summed E-state index contributed by atoms with van der Waals surface area (Å²) in [6.45, 7) is 0. The minimum absolute atomic E-state index is 0.664. The Morgan fingerprint density at radius 1 is 0.957 bits per heavy atom. The third-order valence-corrected chi connectivity index (χ3v) is 3.90. The van der Waals surface area contributed by atoms with Crippen molar-refractivity contribution in [2.75, 3.05) is 12.4 Å². The van der Waals surface area contributed by atoms with Gasteiger partial charge in [-0.2, -0.15) is 0 Å². The zero-order chi connectivity index (χ0) is 15.6. The lowest BCUT2D eigenvalue weighted by Gasteiger charge is -2.06. The Labute approximate surface area is 134 Å². The van der Waals surface area contributed by atoms with Crippen LogP contribution < -0.4 is 5.32 Å². The molecule has 4 heteroatoms. The van der Waals surface area contributed by atoms with Gasteiger partial charge in [0.25, 0.3) is 0 Å². The molecule has 0 saturated heterocycles. The molecule has 4 aromatic rings. The van der Waals surface area contributed by atoms with Crippen LogP contribution in [0.3, 0.4) is 0 Å². The van der Waals surface area contributed by atoms with Gasteiger partial charge in [0.2, 0.25) is 5.95 Å². The summed E-state index contributed by atoms with van der Waals surface area (Å²) in [5, 5.41) is 5.55. The average molecular weight is 300 g/mol. The minimum Gasteiger partial charge on any atom is -0.387 e. The molecule has 0 spiro atoms. The lowest BCUT2D eigenvalue weighted by molar-refractivity contribution is 0.939. The lowest BCUT2D eigenvalue weighted by atomic mass is 10.1. The smallest absolute Gasteiger partial charge is 0.234 e. The predicted molar refractivity (Wildman–Crippen MR) is 93.8 cm³/mol. The highest BCUT2D eigenvalue weighted by Gasteiger charge is 2.05. The van der Waals surface area contributed by atoms with Crippen LogP contribution in [0.5, 0.6) is 0 Å². The molecule has 112 valence electrons. The van der Waals surface area contributed by atoms with E-state index in [9.17, 15) is 0 Å². The highest BCUT2D eigenvalue weighted by molar-refractivity contribution is 5.86. The summed E-state index contributed by atoms with van der Waals surface area (Å²) >= 11 is 0. The van der Waals surface area contributed by atoms with Crippen molar-refractivity contribution in [3.05, 3.63) is 73.2 Å². The maximum atomic E-state index is 4.69. The van der Waals surface area contributed by atoms with Crippen LogP contribution >= 0.6 is 0 Å². The third-order valence-electron chi connectivity index (χ3n) is 3.90. The molecule has 23 heavy (non-hydrogen) atoms. The molecule has 0 radical (unpaired) electrons. The van der Waals surface area contributed by atoms with Crippen molar-refractivity contribution >= 4 is 16.5 Å². The van der Waals surface area contributed by atoms with E-state index in [1.807, 2.05) is 36.1 Å². The summed E-state index contributed by atoms with van der Waals surface area (Å²) in [5.74, 6) is 0.664.